The Bertz CT molecular complexity index is 265. The van der Waals surface area contributed by atoms with Gasteiger partial charge < -0.3 is 10.8 Å². The quantitative estimate of drug-likeness (QED) is 0.688. The summed E-state index contributed by atoms with van der Waals surface area (Å²) < 4.78 is 0. The van der Waals surface area contributed by atoms with Crippen molar-refractivity contribution in [3.8, 4) is 0 Å². The number of pyridine rings is 1. The molecule has 0 atom stereocenters. The molecule has 0 saturated carbocycles. The maximum absolute atomic E-state index is 9.48. The van der Waals surface area contributed by atoms with Crippen molar-refractivity contribution in [2.75, 3.05) is 5.73 Å². The van der Waals surface area contributed by atoms with Crippen LogP contribution >= 0.6 is 0 Å². The van der Waals surface area contributed by atoms with Gasteiger partial charge in [-0.05, 0) is 26.0 Å². The molecule has 1 aromatic rings. The summed E-state index contributed by atoms with van der Waals surface area (Å²) in [5.74, 6) is 0. The molecule has 0 aliphatic heterocycles. The lowest BCUT2D eigenvalue weighted by molar-refractivity contribution is 0.0800. The smallest absolute Gasteiger partial charge is 0.0647 e. The molecule has 0 fully saturated rings. The van der Waals surface area contributed by atoms with E-state index in [2.05, 4.69) is 4.98 Å². The van der Waals surface area contributed by atoms with Crippen molar-refractivity contribution in [2.45, 2.75) is 25.9 Å². The molecule has 0 bridgehead atoms. The van der Waals surface area contributed by atoms with E-state index >= 15 is 0 Å². The summed E-state index contributed by atoms with van der Waals surface area (Å²) in [6, 6.07) is 3.51. The predicted molar refractivity (Wildman–Crippen MR) is 48.7 cm³/mol. The largest absolute Gasteiger partial charge is 0.399 e. The standard InChI is InChI=1S/C9H14N2O/c1-9(2,12)6-8-5-7(10)3-4-11-8/h3-5,12H,6H2,1-2H3,(H2,10,11). The second-order valence-corrected chi connectivity index (χ2v) is 3.57. The van der Waals surface area contributed by atoms with E-state index in [0.29, 0.717) is 12.1 Å². The van der Waals surface area contributed by atoms with Gasteiger partial charge in [-0.15, -0.1) is 0 Å². The zero-order valence-corrected chi connectivity index (χ0v) is 7.41. The van der Waals surface area contributed by atoms with Crippen molar-refractivity contribution in [1.82, 2.24) is 4.98 Å². The van der Waals surface area contributed by atoms with E-state index < -0.39 is 5.60 Å². The lowest BCUT2D eigenvalue weighted by Crippen LogP contribution is -2.22. The molecule has 66 valence electrons. The molecule has 3 nitrogen and oxygen atoms in total. The van der Waals surface area contributed by atoms with Gasteiger partial charge in [0.25, 0.3) is 0 Å². The molecule has 0 aromatic carbocycles. The van der Waals surface area contributed by atoms with Crippen LogP contribution in [-0.4, -0.2) is 15.7 Å². The van der Waals surface area contributed by atoms with Crippen LogP contribution in [0.4, 0.5) is 5.69 Å². The highest BCUT2D eigenvalue weighted by Gasteiger charge is 2.13. The Hall–Kier alpha value is -1.09. The van der Waals surface area contributed by atoms with Crippen LogP contribution in [0.5, 0.6) is 0 Å². The molecule has 12 heavy (non-hydrogen) atoms. The Kier molecular flexibility index (Phi) is 2.33. The number of aliphatic hydroxyl groups is 1. The lowest BCUT2D eigenvalue weighted by Gasteiger charge is -2.15. The first-order valence-corrected chi connectivity index (χ1v) is 3.90. The molecule has 0 spiro atoms. The fourth-order valence-corrected chi connectivity index (χ4v) is 1.04. The van der Waals surface area contributed by atoms with Crippen molar-refractivity contribution in [3.63, 3.8) is 0 Å². The van der Waals surface area contributed by atoms with E-state index in [4.69, 9.17) is 5.73 Å². The topological polar surface area (TPSA) is 59.1 Å². The molecule has 1 heterocycles. The first-order valence-electron chi connectivity index (χ1n) is 3.90. The summed E-state index contributed by atoms with van der Waals surface area (Å²) in [7, 11) is 0. The Morgan fingerprint density at radius 1 is 1.58 bits per heavy atom. The fraction of sp³-hybridized carbons (Fsp3) is 0.444. The molecule has 0 saturated heterocycles. The van der Waals surface area contributed by atoms with E-state index in [0.717, 1.165) is 5.69 Å². The monoisotopic (exact) mass is 166 g/mol. The van der Waals surface area contributed by atoms with E-state index in [9.17, 15) is 5.11 Å². The van der Waals surface area contributed by atoms with Gasteiger partial charge in [-0.3, -0.25) is 4.98 Å². The van der Waals surface area contributed by atoms with Gasteiger partial charge >= 0.3 is 0 Å². The Morgan fingerprint density at radius 3 is 2.75 bits per heavy atom. The molecule has 0 aliphatic rings. The first-order chi connectivity index (χ1) is 5.47. The number of nitrogens with zero attached hydrogens (tertiary/aromatic N) is 1. The minimum absolute atomic E-state index is 0.526. The number of nitrogen functional groups attached to an aromatic ring is 1. The minimum Gasteiger partial charge on any atom is -0.399 e. The molecule has 0 unspecified atom stereocenters. The van der Waals surface area contributed by atoms with Crippen molar-refractivity contribution in [3.05, 3.63) is 24.0 Å². The zero-order valence-electron chi connectivity index (χ0n) is 7.41. The molecule has 3 heteroatoms. The number of nitrogens with two attached hydrogens (primary N) is 1. The number of rotatable bonds is 2. The van der Waals surface area contributed by atoms with Gasteiger partial charge in [0.2, 0.25) is 0 Å². The normalized spacial score (nSPS) is 11.6. The van der Waals surface area contributed by atoms with E-state index in [1.54, 1.807) is 32.2 Å². The van der Waals surface area contributed by atoms with Crippen LogP contribution < -0.4 is 5.73 Å². The average molecular weight is 166 g/mol. The summed E-state index contributed by atoms with van der Waals surface area (Å²) in [6.45, 7) is 3.50. The Labute approximate surface area is 72.2 Å². The summed E-state index contributed by atoms with van der Waals surface area (Å²) in [6.07, 6.45) is 2.18. The van der Waals surface area contributed by atoms with Gasteiger partial charge in [-0.25, -0.2) is 0 Å². The molecule has 0 aliphatic carbocycles. The van der Waals surface area contributed by atoms with Crippen molar-refractivity contribution in [1.29, 1.82) is 0 Å². The number of hydrogen-bond acceptors (Lipinski definition) is 3. The average Bonchev–Trinajstić information content (AvgIpc) is 1.82. The van der Waals surface area contributed by atoms with Crippen LogP contribution in [0.25, 0.3) is 0 Å². The van der Waals surface area contributed by atoms with E-state index in [1.807, 2.05) is 0 Å². The molecule has 0 radical (unpaired) electrons. The third-order valence-corrected chi connectivity index (χ3v) is 1.45. The molecular formula is C9H14N2O. The second kappa shape index (κ2) is 3.11. The SMILES string of the molecule is CC(C)(O)Cc1cc(N)ccn1. The Morgan fingerprint density at radius 2 is 2.25 bits per heavy atom. The maximum Gasteiger partial charge on any atom is 0.0647 e. The van der Waals surface area contributed by atoms with Crippen LogP contribution in [0, 0.1) is 0 Å². The number of aromatic nitrogens is 1. The Balaban J connectivity index is 2.77. The summed E-state index contributed by atoms with van der Waals surface area (Å²) in [5.41, 5.74) is 6.34. The van der Waals surface area contributed by atoms with Gasteiger partial charge in [-0.1, -0.05) is 0 Å². The van der Waals surface area contributed by atoms with Gasteiger partial charge in [0.1, 0.15) is 0 Å². The third kappa shape index (κ3) is 2.88. The molecule has 0 amide bonds. The van der Waals surface area contributed by atoms with Gasteiger partial charge in [0.15, 0.2) is 0 Å². The van der Waals surface area contributed by atoms with Crippen molar-refractivity contribution in [2.24, 2.45) is 0 Å². The maximum atomic E-state index is 9.48. The van der Waals surface area contributed by atoms with Crippen LogP contribution in [0.2, 0.25) is 0 Å². The van der Waals surface area contributed by atoms with Crippen molar-refractivity contribution < 1.29 is 5.11 Å². The highest BCUT2D eigenvalue weighted by atomic mass is 16.3. The van der Waals surface area contributed by atoms with Gasteiger partial charge in [0.05, 0.1) is 5.60 Å². The second-order valence-electron chi connectivity index (χ2n) is 3.57. The summed E-state index contributed by atoms with van der Waals surface area (Å²) in [5, 5.41) is 9.48. The molecular weight excluding hydrogens is 152 g/mol. The molecule has 3 N–H and O–H groups in total. The van der Waals surface area contributed by atoms with Crippen LogP contribution in [0.3, 0.4) is 0 Å². The molecule has 1 rings (SSSR count). The number of hydrogen-bond donors (Lipinski definition) is 2. The van der Waals surface area contributed by atoms with Gasteiger partial charge in [-0.2, -0.15) is 0 Å². The zero-order chi connectivity index (χ0) is 9.19. The number of anilines is 1. The first kappa shape index (κ1) is 9.00. The summed E-state index contributed by atoms with van der Waals surface area (Å²) in [4.78, 5) is 4.08. The van der Waals surface area contributed by atoms with Crippen LogP contribution in [0.1, 0.15) is 19.5 Å². The lowest BCUT2D eigenvalue weighted by atomic mass is 10.0. The highest BCUT2D eigenvalue weighted by Crippen LogP contribution is 2.11. The van der Waals surface area contributed by atoms with E-state index in [1.165, 1.54) is 0 Å². The van der Waals surface area contributed by atoms with E-state index in [-0.39, 0.29) is 0 Å². The summed E-state index contributed by atoms with van der Waals surface area (Å²) >= 11 is 0. The van der Waals surface area contributed by atoms with Gasteiger partial charge in [0, 0.05) is 24.0 Å². The predicted octanol–water partition coefficient (Wildman–Crippen LogP) is 0.977. The highest BCUT2D eigenvalue weighted by molar-refractivity contribution is 5.37. The molecule has 1 aromatic heterocycles. The van der Waals surface area contributed by atoms with Crippen molar-refractivity contribution >= 4 is 5.69 Å². The van der Waals surface area contributed by atoms with Crippen LogP contribution in [0.15, 0.2) is 18.3 Å². The van der Waals surface area contributed by atoms with Crippen LogP contribution in [-0.2, 0) is 6.42 Å². The third-order valence-electron chi connectivity index (χ3n) is 1.45. The fourth-order valence-electron chi connectivity index (χ4n) is 1.04. The minimum atomic E-state index is -0.721.